The SMILES string of the molecule is COC(=O)N(C)CC(C)CC(=O)O. The van der Waals surface area contributed by atoms with Gasteiger partial charge in [-0.15, -0.1) is 0 Å². The monoisotopic (exact) mass is 189 g/mol. The zero-order valence-electron chi connectivity index (χ0n) is 8.11. The summed E-state index contributed by atoms with van der Waals surface area (Å²) in [4.78, 5) is 22.5. The molecule has 5 nitrogen and oxygen atoms in total. The zero-order valence-corrected chi connectivity index (χ0v) is 8.11. The largest absolute Gasteiger partial charge is 0.481 e. The van der Waals surface area contributed by atoms with Crippen molar-refractivity contribution in [2.24, 2.45) is 5.92 Å². The number of nitrogens with zero attached hydrogens (tertiary/aromatic N) is 1. The molecule has 0 rings (SSSR count). The molecule has 0 aromatic heterocycles. The second-order valence-electron chi connectivity index (χ2n) is 3.05. The normalized spacial score (nSPS) is 11.9. The third kappa shape index (κ3) is 5.05. The third-order valence-electron chi connectivity index (χ3n) is 1.59. The number of hydrogen-bond acceptors (Lipinski definition) is 3. The van der Waals surface area contributed by atoms with Gasteiger partial charge in [-0.05, 0) is 5.92 Å². The Bertz CT molecular complexity index is 193. The molecule has 0 radical (unpaired) electrons. The van der Waals surface area contributed by atoms with Gasteiger partial charge in [-0.3, -0.25) is 4.79 Å². The summed E-state index contributed by atoms with van der Waals surface area (Å²) in [5.74, 6) is -0.924. The fourth-order valence-electron chi connectivity index (χ4n) is 1.06. The Morgan fingerprint density at radius 1 is 1.54 bits per heavy atom. The molecule has 0 aromatic rings. The number of carbonyl (C=O) groups is 2. The summed E-state index contributed by atoms with van der Waals surface area (Å²) in [5, 5.41) is 8.46. The lowest BCUT2D eigenvalue weighted by Crippen LogP contribution is -2.31. The summed E-state index contributed by atoms with van der Waals surface area (Å²) < 4.78 is 4.46. The number of aliphatic carboxylic acids is 1. The van der Waals surface area contributed by atoms with Gasteiger partial charge in [0.25, 0.3) is 0 Å². The molecule has 0 aliphatic rings. The fourth-order valence-corrected chi connectivity index (χ4v) is 1.06. The molecule has 0 saturated carbocycles. The van der Waals surface area contributed by atoms with Crippen LogP contribution in [0.5, 0.6) is 0 Å². The van der Waals surface area contributed by atoms with E-state index in [1.807, 2.05) is 0 Å². The summed E-state index contributed by atoms with van der Waals surface area (Å²) in [6, 6.07) is 0. The Balaban J connectivity index is 3.83. The van der Waals surface area contributed by atoms with Crippen LogP contribution in [0.4, 0.5) is 4.79 Å². The molecule has 0 fully saturated rings. The van der Waals surface area contributed by atoms with E-state index in [1.165, 1.54) is 12.0 Å². The highest BCUT2D eigenvalue weighted by Gasteiger charge is 2.14. The fraction of sp³-hybridized carbons (Fsp3) is 0.750. The first-order valence-electron chi connectivity index (χ1n) is 3.98. The van der Waals surface area contributed by atoms with Gasteiger partial charge in [0.15, 0.2) is 0 Å². The lowest BCUT2D eigenvalue weighted by Gasteiger charge is -2.18. The van der Waals surface area contributed by atoms with Crippen LogP contribution in [0.2, 0.25) is 0 Å². The van der Waals surface area contributed by atoms with Gasteiger partial charge in [0.2, 0.25) is 0 Å². The number of hydrogen-bond donors (Lipinski definition) is 1. The molecule has 1 N–H and O–H groups in total. The van der Waals surface area contributed by atoms with Crippen LogP contribution in [0.15, 0.2) is 0 Å². The third-order valence-corrected chi connectivity index (χ3v) is 1.59. The van der Waals surface area contributed by atoms with E-state index in [2.05, 4.69) is 4.74 Å². The second-order valence-corrected chi connectivity index (χ2v) is 3.05. The first-order chi connectivity index (χ1) is 5.97. The predicted octanol–water partition coefficient (Wildman–Crippen LogP) is 0.795. The maximum Gasteiger partial charge on any atom is 0.409 e. The van der Waals surface area contributed by atoms with Gasteiger partial charge in [0.05, 0.1) is 7.11 Å². The van der Waals surface area contributed by atoms with Crippen molar-refractivity contribution in [3.63, 3.8) is 0 Å². The molecular weight excluding hydrogens is 174 g/mol. The van der Waals surface area contributed by atoms with E-state index < -0.39 is 12.1 Å². The van der Waals surface area contributed by atoms with Gasteiger partial charge in [0, 0.05) is 20.0 Å². The van der Waals surface area contributed by atoms with Gasteiger partial charge >= 0.3 is 12.1 Å². The summed E-state index contributed by atoms with van der Waals surface area (Å²) in [5.41, 5.74) is 0. The quantitative estimate of drug-likeness (QED) is 0.710. The zero-order chi connectivity index (χ0) is 10.4. The van der Waals surface area contributed by atoms with Crippen molar-refractivity contribution in [1.82, 2.24) is 4.90 Å². The topological polar surface area (TPSA) is 66.8 Å². The molecule has 0 saturated heterocycles. The van der Waals surface area contributed by atoms with Gasteiger partial charge in [-0.2, -0.15) is 0 Å². The molecule has 1 unspecified atom stereocenters. The standard InChI is InChI=1S/C8H15NO4/c1-6(4-7(10)11)5-9(2)8(12)13-3/h6H,4-5H2,1-3H3,(H,10,11). The number of ether oxygens (including phenoxy) is 1. The van der Waals surface area contributed by atoms with Crippen LogP contribution in [0.3, 0.4) is 0 Å². The lowest BCUT2D eigenvalue weighted by atomic mass is 10.1. The van der Waals surface area contributed by atoms with E-state index in [0.29, 0.717) is 6.54 Å². The van der Waals surface area contributed by atoms with Crippen molar-refractivity contribution in [1.29, 1.82) is 0 Å². The predicted molar refractivity (Wildman–Crippen MR) is 46.5 cm³/mol. The molecule has 0 bridgehead atoms. The summed E-state index contributed by atoms with van der Waals surface area (Å²) in [6.45, 7) is 2.16. The van der Waals surface area contributed by atoms with Crippen LogP contribution >= 0.6 is 0 Å². The Kier molecular flexibility index (Phi) is 4.87. The van der Waals surface area contributed by atoms with Crippen LogP contribution in [0.25, 0.3) is 0 Å². The molecule has 1 atom stereocenters. The van der Waals surface area contributed by atoms with E-state index in [9.17, 15) is 9.59 Å². The lowest BCUT2D eigenvalue weighted by molar-refractivity contribution is -0.138. The van der Waals surface area contributed by atoms with Crippen LogP contribution in [-0.2, 0) is 9.53 Å². The van der Waals surface area contributed by atoms with Crippen LogP contribution < -0.4 is 0 Å². The van der Waals surface area contributed by atoms with Gasteiger partial charge in [-0.25, -0.2) is 4.79 Å². The summed E-state index contributed by atoms with van der Waals surface area (Å²) >= 11 is 0. The number of methoxy groups -OCH3 is 1. The van der Waals surface area contributed by atoms with E-state index in [1.54, 1.807) is 14.0 Å². The Morgan fingerprint density at radius 3 is 2.46 bits per heavy atom. The molecule has 0 aliphatic carbocycles. The average Bonchev–Trinajstić information content (AvgIpc) is 2.01. The smallest absolute Gasteiger partial charge is 0.409 e. The first kappa shape index (κ1) is 11.7. The van der Waals surface area contributed by atoms with E-state index in [4.69, 9.17) is 5.11 Å². The molecule has 76 valence electrons. The maximum atomic E-state index is 10.9. The summed E-state index contributed by atoms with van der Waals surface area (Å²) in [7, 11) is 2.87. The Morgan fingerprint density at radius 2 is 2.08 bits per heavy atom. The molecule has 0 aromatic carbocycles. The minimum atomic E-state index is -0.856. The summed E-state index contributed by atoms with van der Waals surface area (Å²) in [6.07, 6.45) is -0.390. The van der Waals surface area contributed by atoms with Gasteiger partial charge < -0.3 is 14.7 Å². The van der Waals surface area contributed by atoms with E-state index in [0.717, 1.165) is 0 Å². The van der Waals surface area contributed by atoms with Crippen molar-refractivity contribution in [3.8, 4) is 0 Å². The minimum absolute atomic E-state index is 0.0569. The highest BCUT2D eigenvalue weighted by molar-refractivity contribution is 5.68. The first-order valence-corrected chi connectivity index (χ1v) is 3.98. The Hall–Kier alpha value is -1.26. The van der Waals surface area contributed by atoms with Crippen molar-refractivity contribution < 1.29 is 19.4 Å². The van der Waals surface area contributed by atoms with E-state index >= 15 is 0 Å². The van der Waals surface area contributed by atoms with Gasteiger partial charge in [-0.1, -0.05) is 6.92 Å². The molecule has 0 spiro atoms. The molecule has 5 heteroatoms. The van der Waals surface area contributed by atoms with Crippen LogP contribution in [0.1, 0.15) is 13.3 Å². The Labute approximate surface area is 77.3 Å². The minimum Gasteiger partial charge on any atom is -0.481 e. The van der Waals surface area contributed by atoms with Crippen LogP contribution in [-0.4, -0.2) is 42.8 Å². The molecular formula is C8H15NO4. The second kappa shape index (κ2) is 5.40. The molecule has 0 aliphatic heterocycles. The number of carboxylic acids is 1. The number of carbonyl (C=O) groups excluding carboxylic acids is 1. The van der Waals surface area contributed by atoms with Crippen molar-refractivity contribution in [2.45, 2.75) is 13.3 Å². The molecule has 1 amide bonds. The van der Waals surface area contributed by atoms with Crippen molar-refractivity contribution in [3.05, 3.63) is 0 Å². The van der Waals surface area contributed by atoms with Gasteiger partial charge in [0.1, 0.15) is 0 Å². The van der Waals surface area contributed by atoms with Crippen molar-refractivity contribution >= 4 is 12.1 Å². The average molecular weight is 189 g/mol. The number of rotatable bonds is 4. The number of amides is 1. The van der Waals surface area contributed by atoms with Crippen LogP contribution in [0, 0.1) is 5.92 Å². The highest BCUT2D eigenvalue weighted by Crippen LogP contribution is 2.04. The van der Waals surface area contributed by atoms with Crippen molar-refractivity contribution in [2.75, 3.05) is 20.7 Å². The maximum absolute atomic E-state index is 10.9. The molecule has 0 heterocycles. The highest BCUT2D eigenvalue weighted by atomic mass is 16.5. The number of carboxylic acid groups (broad SMARTS) is 1. The van der Waals surface area contributed by atoms with E-state index in [-0.39, 0.29) is 12.3 Å². The molecule has 13 heavy (non-hydrogen) atoms.